The van der Waals surface area contributed by atoms with Gasteiger partial charge in [-0.2, -0.15) is 0 Å². The first-order valence-corrected chi connectivity index (χ1v) is 8.95. The first-order chi connectivity index (χ1) is 8.22. The molecule has 102 valence electrons. The number of hydrogen-bond donors (Lipinski definition) is 2. The lowest BCUT2D eigenvalue weighted by atomic mass is 10.4. The molecule has 0 aliphatic rings. The van der Waals surface area contributed by atoms with Gasteiger partial charge in [0.05, 0.1) is 4.90 Å². The van der Waals surface area contributed by atoms with Crippen LogP contribution in [-0.2, 0) is 20.8 Å². The normalized spacial score (nSPS) is 15.2. The first-order valence-electron chi connectivity index (χ1n) is 4.86. The predicted molar refractivity (Wildman–Crippen MR) is 70.0 cm³/mol. The van der Waals surface area contributed by atoms with Crippen LogP contribution in [0.2, 0.25) is 0 Å². The Kier molecular flexibility index (Phi) is 5.02. The minimum Gasteiger partial charge on any atom is -0.477 e. The molecular weight excluding hydrogens is 298 g/mol. The number of thiophene rings is 1. The molecule has 2 unspecified atom stereocenters. The number of hydrogen-bond acceptors (Lipinski definition) is 5. The summed E-state index contributed by atoms with van der Waals surface area (Å²) >= 11 is 0.847. The fourth-order valence-electron chi connectivity index (χ4n) is 1.29. The second-order valence-corrected chi connectivity index (χ2v) is 7.82. The second kappa shape index (κ2) is 5.91. The summed E-state index contributed by atoms with van der Waals surface area (Å²) in [6, 6.07) is 0.624. The van der Waals surface area contributed by atoms with E-state index < -0.39 is 32.8 Å². The fourth-order valence-corrected chi connectivity index (χ4v) is 4.54. The van der Waals surface area contributed by atoms with E-state index in [0.717, 1.165) is 17.4 Å². The molecule has 2 N–H and O–H groups in total. The Morgan fingerprint density at radius 1 is 1.61 bits per heavy atom. The Hall–Kier alpha value is -0.770. The second-order valence-electron chi connectivity index (χ2n) is 3.71. The van der Waals surface area contributed by atoms with E-state index in [0.29, 0.717) is 0 Å². The number of nitrogens with one attached hydrogen (secondary N) is 1. The van der Waals surface area contributed by atoms with Gasteiger partial charge in [0.15, 0.2) is 0 Å². The molecule has 6 nitrogen and oxygen atoms in total. The zero-order valence-corrected chi connectivity index (χ0v) is 12.2. The third-order valence-corrected chi connectivity index (χ3v) is 5.54. The van der Waals surface area contributed by atoms with Gasteiger partial charge in [-0.3, -0.25) is 4.21 Å². The van der Waals surface area contributed by atoms with Crippen LogP contribution in [0.15, 0.2) is 16.3 Å². The topological polar surface area (TPSA) is 101 Å². The van der Waals surface area contributed by atoms with Gasteiger partial charge in [0.1, 0.15) is 4.88 Å². The van der Waals surface area contributed by atoms with Gasteiger partial charge in [-0.1, -0.05) is 0 Å². The van der Waals surface area contributed by atoms with Crippen LogP contribution < -0.4 is 4.72 Å². The highest BCUT2D eigenvalue weighted by molar-refractivity contribution is 7.89. The van der Waals surface area contributed by atoms with E-state index in [1.165, 1.54) is 11.6 Å². The lowest BCUT2D eigenvalue weighted by Crippen LogP contribution is -2.35. The highest BCUT2D eigenvalue weighted by Gasteiger charge is 2.21. The van der Waals surface area contributed by atoms with E-state index in [1.807, 2.05) is 0 Å². The van der Waals surface area contributed by atoms with Crippen molar-refractivity contribution in [1.29, 1.82) is 0 Å². The van der Waals surface area contributed by atoms with Crippen LogP contribution >= 0.6 is 11.3 Å². The molecule has 0 fully saturated rings. The number of carbonyl (C=O) groups is 1. The van der Waals surface area contributed by atoms with Crippen molar-refractivity contribution in [2.45, 2.75) is 17.9 Å². The number of carboxylic acid groups (broad SMARTS) is 1. The summed E-state index contributed by atoms with van der Waals surface area (Å²) in [5.41, 5.74) is 0. The largest absolute Gasteiger partial charge is 0.477 e. The van der Waals surface area contributed by atoms with E-state index in [1.54, 1.807) is 6.92 Å². The van der Waals surface area contributed by atoms with Crippen molar-refractivity contribution < 1.29 is 22.5 Å². The van der Waals surface area contributed by atoms with E-state index in [-0.39, 0.29) is 15.5 Å². The number of aromatic carboxylic acids is 1. The fraction of sp³-hybridized carbons (Fsp3) is 0.444. The van der Waals surface area contributed by atoms with Crippen LogP contribution in [0.1, 0.15) is 16.6 Å². The Morgan fingerprint density at radius 3 is 2.67 bits per heavy atom. The van der Waals surface area contributed by atoms with E-state index >= 15 is 0 Å². The Bertz CT molecular complexity index is 563. The standard InChI is InChI=1S/C9H13NO5S3/c1-6(5-17(2)13)10-18(14,15)7-3-8(9(11)12)16-4-7/h3-4,6,10H,5H2,1-2H3,(H,11,12). The van der Waals surface area contributed by atoms with Crippen molar-refractivity contribution in [2.75, 3.05) is 12.0 Å². The number of sulfonamides is 1. The molecular formula is C9H13NO5S3. The van der Waals surface area contributed by atoms with Crippen LogP contribution in [0.25, 0.3) is 0 Å². The third-order valence-electron chi connectivity index (χ3n) is 1.94. The average molecular weight is 311 g/mol. The summed E-state index contributed by atoms with van der Waals surface area (Å²) < 4.78 is 37.0. The van der Waals surface area contributed by atoms with Gasteiger partial charge < -0.3 is 5.11 Å². The van der Waals surface area contributed by atoms with Gasteiger partial charge in [0.25, 0.3) is 0 Å². The van der Waals surface area contributed by atoms with Crippen LogP contribution in [0.4, 0.5) is 0 Å². The molecule has 2 atom stereocenters. The summed E-state index contributed by atoms with van der Waals surface area (Å²) in [6.07, 6.45) is 1.48. The van der Waals surface area contributed by atoms with Crippen LogP contribution in [0.3, 0.4) is 0 Å². The lowest BCUT2D eigenvalue weighted by molar-refractivity contribution is 0.0702. The smallest absolute Gasteiger partial charge is 0.345 e. The minimum absolute atomic E-state index is 0.0397. The Balaban J connectivity index is 2.85. The van der Waals surface area contributed by atoms with E-state index in [4.69, 9.17) is 5.11 Å². The highest BCUT2D eigenvalue weighted by Crippen LogP contribution is 2.19. The molecule has 0 bridgehead atoms. The molecule has 0 saturated carbocycles. The quantitative estimate of drug-likeness (QED) is 0.796. The van der Waals surface area contributed by atoms with Crippen molar-refractivity contribution in [1.82, 2.24) is 4.72 Å². The average Bonchev–Trinajstić information content (AvgIpc) is 2.63. The molecule has 9 heteroatoms. The van der Waals surface area contributed by atoms with Crippen LogP contribution in [0.5, 0.6) is 0 Å². The van der Waals surface area contributed by atoms with E-state index in [9.17, 15) is 17.4 Å². The zero-order chi connectivity index (χ0) is 13.9. The van der Waals surface area contributed by atoms with Gasteiger partial charge in [-0.25, -0.2) is 17.9 Å². The first kappa shape index (κ1) is 15.3. The molecule has 1 aromatic heterocycles. The third kappa shape index (κ3) is 4.16. The molecule has 0 aliphatic heterocycles. The number of carboxylic acids is 1. The van der Waals surface area contributed by atoms with Gasteiger partial charge in [0.2, 0.25) is 10.0 Å². The maximum absolute atomic E-state index is 11.9. The summed E-state index contributed by atoms with van der Waals surface area (Å²) in [7, 11) is -4.86. The Labute approximate surface area is 112 Å². The lowest BCUT2D eigenvalue weighted by Gasteiger charge is -2.11. The van der Waals surface area contributed by atoms with Crippen molar-refractivity contribution in [3.63, 3.8) is 0 Å². The minimum atomic E-state index is -3.76. The van der Waals surface area contributed by atoms with Crippen molar-refractivity contribution in [3.05, 3.63) is 16.3 Å². The van der Waals surface area contributed by atoms with Crippen molar-refractivity contribution in [2.24, 2.45) is 0 Å². The maximum atomic E-state index is 11.9. The van der Waals surface area contributed by atoms with Gasteiger partial charge in [-0.15, -0.1) is 11.3 Å². The SMILES string of the molecule is CC(CS(C)=O)NS(=O)(=O)c1csc(C(=O)O)c1. The maximum Gasteiger partial charge on any atom is 0.345 e. The molecule has 0 spiro atoms. The summed E-state index contributed by atoms with van der Waals surface area (Å²) in [6.45, 7) is 1.60. The molecule has 0 radical (unpaired) electrons. The van der Waals surface area contributed by atoms with Crippen LogP contribution in [0, 0.1) is 0 Å². The molecule has 1 rings (SSSR count). The van der Waals surface area contributed by atoms with Crippen molar-refractivity contribution in [3.8, 4) is 0 Å². The summed E-state index contributed by atoms with van der Waals surface area (Å²) in [5, 5.41) is 9.98. The summed E-state index contributed by atoms with van der Waals surface area (Å²) in [4.78, 5) is 10.5. The summed E-state index contributed by atoms with van der Waals surface area (Å²) in [5.74, 6) is -0.959. The molecule has 0 saturated heterocycles. The molecule has 18 heavy (non-hydrogen) atoms. The number of rotatable bonds is 6. The zero-order valence-electron chi connectivity index (χ0n) is 9.74. The molecule has 0 aromatic carbocycles. The van der Waals surface area contributed by atoms with Gasteiger partial charge >= 0.3 is 5.97 Å². The van der Waals surface area contributed by atoms with Crippen LogP contribution in [-0.4, -0.2) is 41.8 Å². The molecule has 1 aromatic rings. The predicted octanol–water partition coefficient (Wildman–Crippen LogP) is 0.492. The molecule has 0 aliphatic carbocycles. The van der Waals surface area contributed by atoms with Gasteiger partial charge in [-0.05, 0) is 13.0 Å². The monoisotopic (exact) mass is 311 g/mol. The van der Waals surface area contributed by atoms with E-state index in [2.05, 4.69) is 4.72 Å². The molecule has 0 amide bonds. The molecule has 1 heterocycles. The Morgan fingerprint density at radius 2 is 2.22 bits per heavy atom. The van der Waals surface area contributed by atoms with Crippen molar-refractivity contribution >= 4 is 38.1 Å². The highest BCUT2D eigenvalue weighted by atomic mass is 32.2. The van der Waals surface area contributed by atoms with Gasteiger partial charge in [0, 0.05) is 34.2 Å².